The maximum Gasteiger partial charge on any atom is 0.305 e. The van der Waals surface area contributed by atoms with Gasteiger partial charge in [-0.25, -0.2) is 0 Å². The van der Waals surface area contributed by atoms with Gasteiger partial charge in [0.25, 0.3) is 5.91 Å². The van der Waals surface area contributed by atoms with Gasteiger partial charge >= 0.3 is 5.97 Å². The number of aliphatic carboxylic acids is 1. The second kappa shape index (κ2) is 4.82. The number of nitrogens with two attached hydrogens (primary N) is 1. The van der Waals surface area contributed by atoms with Crippen molar-refractivity contribution in [3.8, 4) is 0 Å². The van der Waals surface area contributed by atoms with Gasteiger partial charge in [-0.15, -0.1) is 0 Å². The van der Waals surface area contributed by atoms with E-state index in [9.17, 15) is 9.59 Å². The summed E-state index contributed by atoms with van der Waals surface area (Å²) in [6.07, 6.45) is 1.40. The molecule has 0 spiro atoms. The van der Waals surface area contributed by atoms with Crippen molar-refractivity contribution in [1.29, 1.82) is 0 Å². The predicted molar refractivity (Wildman–Crippen MR) is 62.7 cm³/mol. The van der Waals surface area contributed by atoms with Gasteiger partial charge in [-0.3, -0.25) is 14.6 Å². The summed E-state index contributed by atoms with van der Waals surface area (Å²) in [7, 11) is 0. The molecule has 1 aromatic rings. The number of amides is 1. The molecule has 0 aliphatic heterocycles. The molecule has 0 bridgehead atoms. The van der Waals surface area contributed by atoms with E-state index in [1.54, 1.807) is 19.9 Å². The van der Waals surface area contributed by atoms with E-state index in [1.807, 2.05) is 0 Å². The van der Waals surface area contributed by atoms with Crippen molar-refractivity contribution < 1.29 is 14.7 Å². The number of nitrogens with one attached hydrogen (secondary N) is 1. The van der Waals surface area contributed by atoms with Gasteiger partial charge in [0.2, 0.25) is 0 Å². The Morgan fingerprint density at radius 3 is 2.71 bits per heavy atom. The smallest absolute Gasteiger partial charge is 0.305 e. The Bertz CT molecular complexity index is 443. The molecule has 0 saturated carbocycles. The summed E-state index contributed by atoms with van der Waals surface area (Å²) in [5.41, 5.74) is 5.23. The molecule has 4 N–H and O–H groups in total. The molecule has 0 radical (unpaired) electrons. The number of aromatic nitrogens is 1. The Hall–Kier alpha value is -2.11. The molecule has 6 heteroatoms. The third-order valence-corrected chi connectivity index (χ3v) is 2.09. The van der Waals surface area contributed by atoms with Crippen LogP contribution in [0, 0.1) is 0 Å². The number of hydrogen-bond acceptors (Lipinski definition) is 4. The fraction of sp³-hybridized carbons (Fsp3) is 0.364. The highest BCUT2D eigenvalue weighted by molar-refractivity contribution is 5.91. The fourth-order valence-corrected chi connectivity index (χ4v) is 1.46. The van der Waals surface area contributed by atoms with Gasteiger partial charge in [0.15, 0.2) is 0 Å². The van der Waals surface area contributed by atoms with Crippen LogP contribution in [0.2, 0.25) is 0 Å². The topological polar surface area (TPSA) is 105 Å². The van der Waals surface area contributed by atoms with Gasteiger partial charge < -0.3 is 16.2 Å². The number of anilines is 1. The molecule has 0 aromatic carbocycles. The van der Waals surface area contributed by atoms with Crippen molar-refractivity contribution in [2.24, 2.45) is 5.73 Å². The van der Waals surface area contributed by atoms with Gasteiger partial charge in [-0.2, -0.15) is 0 Å². The number of hydrogen-bond donors (Lipinski definition) is 3. The van der Waals surface area contributed by atoms with Crippen LogP contribution in [0.1, 0.15) is 30.8 Å². The minimum absolute atomic E-state index is 0.0404. The van der Waals surface area contributed by atoms with E-state index in [0.29, 0.717) is 5.69 Å². The molecule has 6 nitrogen and oxygen atoms in total. The lowest BCUT2D eigenvalue weighted by Gasteiger charge is -2.25. The lowest BCUT2D eigenvalue weighted by Crippen LogP contribution is -2.33. The first-order valence-electron chi connectivity index (χ1n) is 5.06. The first-order valence-corrected chi connectivity index (χ1v) is 5.06. The Morgan fingerprint density at radius 1 is 1.53 bits per heavy atom. The van der Waals surface area contributed by atoms with Crippen LogP contribution in [0.4, 0.5) is 5.69 Å². The van der Waals surface area contributed by atoms with E-state index in [4.69, 9.17) is 10.8 Å². The molecule has 1 rings (SSSR count). The van der Waals surface area contributed by atoms with Gasteiger partial charge in [0.05, 0.1) is 6.42 Å². The van der Waals surface area contributed by atoms with E-state index >= 15 is 0 Å². The van der Waals surface area contributed by atoms with Crippen molar-refractivity contribution >= 4 is 17.6 Å². The summed E-state index contributed by atoms with van der Waals surface area (Å²) in [5.74, 6) is -1.52. The predicted octanol–water partition coefficient (Wildman–Crippen LogP) is 0.846. The summed E-state index contributed by atoms with van der Waals surface area (Å²) in [6, 6.07) is 3.14. The van der Waals surface area contributed by atoms with Crippen molar-refractivity contribution in [2.45, 2.75) is 25.8 Å². The number of carbonyl (C=O) groups excluding carboxylic acids is 1. The summed E-state index contributed by atoms with van der Waals surface area (Å²) in [6.45, 7) is 3.51. The van der Waals surface area contributed by atoms with Crippen molar-refractivity contribution in [3.63, 3.8) is 0 Å². The highest BCUT2D eigenvalue weighted by Crippen LogP contribution is 2.18. The normalized spacial score (nSPS) is 10.9. The van der Waals surface area contributed by atoms with Gasteiger partial charge in [0.1, 0.15) is 5.69 Å². The SMILES string of the molecule is CC(C)(CC(=O)O)Nc1ccnc(C(N)=O)c1. The number of rotatable bonds is 5. The highest BCUT2D eigenvalue weighted by atomic mass is 16.4. The Kier molecular flexibility index (Phi) is 3.67. The number of nitrogens with zero attached hydrogens (tertiary/aromatic N) is 1. The second-order valence-corrected chi connectivity index (χ2v) is 4.37. The van der Waals surface area contributed by atoms with Crippen LogP contribution >= 0.6 is 0 Å². The van der Waals surface area contributed by atoms with Gasteiger partial charge in [-0.05, 0) is 26.0 Å². The number of carbonyl (C=O) groups is 2. The van der Waals surface area contributed by atoms with E-state index in [-0.39, 0.29) is 12.1 Å². The zero-order valence-electron chi connectivity index (χ0n) is 9.73. The molecule has 1 heterocycles. The summed E-state index contributed by atoms with van der Waals surface area (Å²) >= 11 is 0. The summed E-state index contributed by atoms with van der Waals surface area (Å²) < 4.78 is 0. The van der Waals surface area contributed by atoms with Crippen LogP contribution < -0.4 is 11.1 Å². The Morgan fingerprint density at radius 2 is 2.18 bits per heavy atom. The zero-order chi connectivity index (χ0) is 13.1. The second-order valence-electron chi connectivity index (χ2n) is 4.37. The zero-order valence-corrected chi connectivity index (χ0v) is 9.73. The maximum absolute atomic E-state index is 10.9. The first-order chi connectivity index (χ1) is 7.80. The lowest BCUT2D eigenvalue weighted by molar-refractivity contribution is -0.137. The molecular weight excluding hydrogens is 222 g/mol. The third-order valence-electron chi connectivity index (χ3n) is 2.09. The van der Waals surface area contributed by atoms with Crippen molar-refractivity contribution in [1.82, 2.24) is 4.98 Å². The van der Waals surface area contributed by atoms with Crippen LogP contribution in [0.5, 0.6) is 0 Å². The van der Waals surface area contributed by atoms with E-state index in [0.717, 1.165) is 0 Å². The Labute approximate surface area is 98.8 Å². The molecule has 0 saturated heterocycles. The minimum atomic E-state index is -0.897. The molecule has 1 aromatic heterocycles. The van der Waals surface area contributed by atoms with Gasteiger partial charge in [-0.1, -0.05) is 0 Å². The average molecular weight is 237 g/mol. The van der Waals surface area contributed by atoms with Crippen molar-refractivity contribution in [2.75, 3.05) is 5.32 Å². The van der Waals surface area contributed by atoms with E-state index in [1.165, 1.54) is 12.3 Å². The number of carboxylic acid groups (broad SMARTS) is 1. The van der Waals surface area contributed by atoms with Gasteiger partial charge in [0, 0.05) is 17.4 Å². The third kappa shape index (κ3) is 4.10. The first kappa shape index (κ1) is 13.0. The number of primary amides is 1. The largest absolute Gasteiger partial charge is 0.481 e. The molecule has 0 fully saturated rings. The number of pyridine rings is 1. The summed E-state index contributed by atoms with van der Waals surface area (Å²) in [5, 5.41) is 11.8. The number of carboxylic acids is 1. The lowest BCUT2D eigenvalue weighted by atomic mass is 10.0. The maximum atomic E-state index is 10.9. The molecule has 92 valence electrons. The quantitative estimate of drug-likeness (QED) is 0.703. The molecule has 1 amide bonds. The van der Waals surface area contributed by atoms with Crippen LogP contribution in [0.15, 0.2) is 18.3 Å². The van der Waals surface area contributed by atoms with Crippen LogP contribution in [0.25, 0.3) is 0 Å². The van der Waals surface area contributed by atoms with Crippen LogP contribution in [-0.2, 0) is 4.79 Å². The van der Waals surface area contributed by atoms with E-state index < -0.39 is 17.4 Å². The highest BCUT2D eigenvalue weighted by Gasteiger charge is 2.21. The van der Waals surface area contributed by atoms with Crippen molar-refractivity contribution in [3.05, 3.63) is 24.0 Å². The molecule has 0 aliphatic carbocycles. The fourth-order valence-electron chi connectivity index (χ4n) is 1.46. The van der Waals surface area contributed by atoms with E-state index in [2.05, 4.69) is 10.3 Å². The molecule has 17 heavy (non-hydrogen) atoms. The molecule has 0 atom stereocenters. The Balaban J connectivity index is 2.84. The standard InChI is InChI=1S/C11H15N3O3/c1-11(2,6-9(15)16)14-7-3-4-13-8(5-7)10(12)17/h3-5H,6H2,1-2H3,(H2,12,17)(H,13,14)(H,15,16). The average Bonchev–Trinajstić information content (AvgIpc) is 2.14. The van der Waals surface area contributed by atoms with Crippen LogP contribution in [-0.4, -0.2) is 27.5 Å². The minimum Gasteiger partial charge on any atom is -0.481 e. The molecule has 0 unspecified atom stereocenters. The molecule has 0 aliphatic rings. The summed E-state index contributed by atoms with van der Waals surface area (Å²) in [4.78, 5) is 25.4. The monoisotopic (exact) mass is 237 g/mol. The van der Waals surface area contributed by atoms with Crippen LogP contribution in [0.3, 0.4) is 0 Å². The molecular formula is C11H15N3O3.